The lowest BCUT2D eigenvalue weighted by molar-refractivity contribution is -0.186. The maximum atomic E-state index is 12.2. The van der Waals surface area contributed by atoms with Gasteiger partial charge >= 0.3 is 11.9 Å². The number of hydrogen-bond acceptors (Lipinski definition) is 5. The zero-order chi connectivity index (χ0) is 16.0. The SMILES string of the molecule is CCOC(=O)C(C(=O)OCC)C1(O)CCCCC1C(C)C. The molecule has 0 amide bonds. The first-order valence-corrected chi connectivity index (χ1v) is 7.94. The number of ether oxygens (including phenoxy) is 2. The van der Waals surface area contributed by atoms with Gasteiger partial charge in [-0.15, -0.1) is 0 Å². The van der Waals surface area contributed by atoms with Crippen LogP contribution in [-0.4, -0.2) is 35.9 Å². The maximum Gasteiger partial charge on any atom is 0.323 e. The predicted molar refractivity (Wildman–Crippen MR) is 78.5 cm³/mol. The van der Waals surface area contributed by atoms with Gasteiger partial charge in [0.25, 0.3) is 0 Å². The summed E-state index contributed by atoms with van der Waals surface area (Å²) in [4.78, 5) is 24.5. The van der Waals surface area contributed by atoms with Crippen LogP contribution < -0.4 is 0 Å². The van der Waals surface area contributed by atoms with Crippen molar-refractivity contribution in [2.75, 3.05) is 13.2 Å². The highest BCUT2D eigenvalue weighted by Gasteiger charge is 2.54. The van der Waals surface area contributed by atoms with E-state index in [1.54, 1.807) is 13.8 Å². The molecule has 0 bridgehead atoms. The lowest BCUT2D eigenvalue weighted by atomic mass is 9.64. The Hall–Kier alpha value is -1.10. The first-order chi connectivity index (χ1) is 9.88. The third-order valence-electron chi connectivity index (χ3n) is 4.33. The van der Waals surface area contributed by atoms with E-state index in [4.69, 9.17) is 9.47 Å². The summed E-state index contributed by atoms with van der Waals surface area (Å²) in [6.07, 6.45) is 3.04. The van der Waals surface area contributed by atoms with Crippen molar-refractivity contribution in [3.05, 3.63) is 0 Å². The van der Waals surface area contributed by atoms with E-state index in [-0.39, 0.29) is 25.0 Å². The monoisotopic (exact) mass is 300 g/mol. The zero-order valence-corrected chi connectivity index (χ0v) is 13.6. The first kappa shape index (κ1) is 18.0. The van der Waals surface area contributed by atoms with Crippen LogP contribution in [0.1, 0.15) is 53.4 Å². The molecule has 0 aromatic carbocycles. The van der Waals surface area contributed by atoms with Gasteiger partial charge in [-0.1, -0.05) is 26.7 Å². The van der Waals surface area contributed by atoms with Crippen molar-refractivity contribution in [2.24, 2.45) is 17.8 Å². The highest BCUT2D eigenvalue weighted by Crippen LogP contribution is 2.44. The molecule has 0 saturated heterocycles. The van der Waals surface area contributed by atoms with Crippen LogP contribution in [0.3, 0.4) is 0 Å². The number of carbonyl (C=O) groups is 2. The summed E-state index contributed by atoms with van der Waals surface area (Å²) in [5.74, 6) is -2.52. The van der Waals surface area contributed by atoms with E-state index in [2.05, 4.69) is 0 Å². The van der Waals surface area contributed by atoms with E-state index in [9.17, 15) is 14.7 Å². The molecule has 2 atom stereocenters. The molecule has 5 heteroatoms. The van der Waals surface area contributed by atoms with Crippen molar-refractivity contribution >= 4 is 11.9 Å². The second-order valence-corrected chi connectivity index (χ2v) is 6.02. The molecule has 1 saturated carbocycles. The lowest BCUT2D eigenvalue weighted by Crippen LogP contribution is -2.55. The minimum Gasteiger partial charge on any atom is -0.465 e. The van der Waals surface area contributed by atoms with Crippen molar-refractivity contribution in [1.29, 1.82) is 0 Å². The third kappa shape index (κ3) is 3.96. The Labute approximate surface area is 127 Å². The van der Waals surface area contributed by atoms with Crippen LogP contribution in [0.15, 0.2) is 0 Å². The number of hydrogen-bond donors (Lipinski definition) is 1. The predicted octanol–water partition coefficient (Wildman–Crippen LogP) is 2.31. The van der Waals surface area contributed by atoms with E-state index >= 15 is 0 Å². The summed E-state index contributed by atoms with van der Waals surface area (Å²) in [5.41, 5.74) is -1.37. The Morgan fingerprint density at radius 2 is 1.67 bits per heavy atom. The smallest absolute Gasteiger partial charge is 0.323 e. The largest absolute Gasteiger partial charge is 0.465 e. The molecule has 2 unspecified atom stereocenters. The van der Waals surface area contributed by atoms with Gasteiger partial charge in [0.1, 0.15) is 0 Å². The summed E-state index contributed by atoms with van der Waals surface area (Å²) < 4.78 is 10.0. The summed E-state index contributed by atoms with van der Waals surface area (Å²) >= 11 is 0. The lowest BCUT2D eigenvalue weighted by Gasteiger charge is -2.45. The van der Waals surface area contributed by atoms with Gasteiger partial charge in [-0.3, -0.25) is 9.59 Å². The Morgan fingerprint density at radius 3 is 2.10 bits per heavy atom. The van der Waals surface area contributed by atoms with Crippen molar-refractivity contribution < 1.29 is 24.2 Å². The summed E-state index contributed by atoms with van der Waals surface area (Å²) in [6, 6.07) is 0. The van der Waals surface area contributed by atoms with Crippen molar-refractivity contribution in [3.8, 4) is 0 Å². The van der Waals surface area contributed by atoms with Crippen LogP contribution in [0.4, 0.5) is 0 Å². The van der Waals surface area contributed by atoms with Gasteiger partial charge in [0.2, 0.25) is 0 Å². The van der Waals surface area contributed by atoms with E-state index in [1.807, 2.05) is 13.8 Å². The number of carbonyl (C=O) groups excluding carboxylic acids is 2. The maximum absolute atomic E-state index is 12.2. The molecule has 0 heterocycles. The van der Waals surface area contributed by atoms with Gasteiger partial charge < -0.3 is 14.6 Å². The van der Waals surface area contributed by atoms with Gasteiger partial charge in [0, 0.05) is 0 Å². The number of rotatable bonds is 6. The van der Waals surface area contributed by atoms with E-state index in [0.29, 0.717) is 6.42 Å². The molecule has 0 radical (unpaired) electrons. The standard InChI is InChI=1S/C16H28O5/c1-5-20-14(17)13(15(18)21-6-2)16(19)10-8-7-9-12(16)11(3)4/h11-13,19H,5-10H2,1-4H3. The molecule has 1 fully saturated rings. The highest BCUT2D eigenvalue weighted by atomic mass is 16.6. The second-order valence-electron chi connectivity index (χ2n) is 6.02. The van der Waals surface area contributed by atoms with Crippen LogP contribution in [0.2, 0.25) is 0 Å². The Morgan fingerprint density at radius 1 is 1.14 bits per heavy atom. The van der Waals surface area contributed by atoms with Crippen LogP contribution in [0.5, 0.6) is 0 Å². The molecule has 1 aliphatic carbocycles. The van der Waals surface area contributed by atoms with Crippen LogP contribution in [0, 0.1) is 17.8 Å². The summed E-state index contributed by atoms with van der Waals surface area (Å²) in [5, 5.41) is 11.2. The number of aliphatic hydroxyl groups is 1. The fraction of sp³-hybridized carbons (Fsp3) is 0.875. The molecule has 0 spiro atoms. The third-order valence-corrected chi connectivity index (χ3v) is 4.33. The Kier molecular flexibility index (Phi) is 6.65. The van der Waals surface area contributed by atoms with Gasteiger partial charge in [-0.25, -0.2) is 0 Å². The van der Waals surface area contributed by atoms with Crippen LogP contribution >= 0.6 is 0 Å². The molecule has 5 nitrogen and oxygen atoms in total. The average Bonchev–Trinajstić information content (AvgIpc) is 2.39. The first-order valence-electron chi connectivity index (χ1n) is 7.94. The van der Waals surface area contributed by atoms with Gasteiger partial charge in [0.15, 0.2) is 5.92 Å². The van der Waals surface area contributed by atoms with Crippen LogP contribution in [0.25, 0.3) is 0 Å². The van der Waals surface area contributed by atoms with E-state index in [0.717, 1.165) is 19.3 Å². The van der Waals surface area contributed by atoms with E-state index in [1.165, 1.54) is 0 Å². The minimum atomic E-state index is -1.37. The molecular weight excluding hydrogens is 272 g/mol. The molecule has 1 rings (SSSR count). The summed E-state index contributed by atoms with van der Waals surface area (Å²) in [7, 11) is 0. The van der Waals surface area contributed by atoms with Crippen molar-refractivity contribution in [2.45, 2.75) is 59.0 Å². The Bertz CT molecular complexity index is 348. The van der Waals surface area contributed by atoms with Gasteiger partial charge in [0.05, 0.1) is 18.8 Å². The highest BCUT2D eigenvalue weighted by molar-refractivity contribution is 5.96. The van der Waals surface area contributed by atoms with Gasteiger partial charge in [-0.2, -0.15) is 0 Å². The zero-order valence-electron chi connectivity index (χ0n) is 13.6. The fourth-order valence-corrected chi connectivity index (χ4v) is 3.43. The van der Waals surface area contributed by atoms with Crippen LogP contribution in [-0.2, 0) is 19.1 Å². The molecule has 122 valence electrons. The van der Waals surface area contributed by atoms with Crippen molar-refractivity contribution in [1.82, 2.24) is 0 Å². The summed E-state index contributed by atoms with van der Waals surface area (Å²) in [6.45, 7) is 7.74. The molecule has 0 aliphatic heterocycles. The minimum absolute atomic E-state index is 0.106. The number of esters is 2. The molecule has 0 aromatic rings. The van der Waals surface area contributed by atoms with E-state index < -0.39 is 23.5 Å². The molecule has 1 N–H and O–H groups in total. The second kappa shape index (κ2) is 7.78. The molecule has 21 heavy (non-hydrogen) atoms. The topological polar surface area (TPSA) is 72.8 Å². The fourth-order valence-electron chi connectivity index (χ4n) is 3.43. The molecule has 0 aromatic heterocycles. The molecular formula is C16H28O5. The van der Waals surface area contributed by atoms with Crippen molar-refractivity contribution in [3.63, 3.8) is 0 Å². The molecule has 1 aliphatic rings. The normalized spacial score (nSPS) is 26.0. The quantitative estimate of drug-likeness (QED) is 0.602. The average molecular weight is 300 g/mol. The Balaban J connectivity index is 3.13. The van der Waals surface area contributed by atoms with Gasteiger partial charge in [-0.05, 0) is 38.5 Å².